The van der Waals surface area contributed by atoms with Crippen LogP contribution in [0.15, 0.2) is 29.6 Å². The molecule has 1 heterocycles. The minimum atomic E-state index is -0.302. The Morgan fingerprint density at radius 2 is 2.40 bits per heavy atom. The molecule has 1 aromatic heterocycles. The minimum Gasteiger partial charge on any atom is -0.469 e. The Bertz CT molecular complexity index is 646. The van der Waals surface area contributed by atoms with E-state index in [1.54, 1.807) is 6.07 Å². The maximum atomic E-state index is 11.1. The molecule has 0 fully saturated rings. The number of anilines is 1. The van der Waals surface area contributed by atoms with Gasteiger partial charge >= 0.3 is 5.97 Å². The van der Waals surface area contributed by atoms with E-state index < -0.39 is 0 Å². The lowest BCUT2D eigenvalue weighted by atomic mass is 10.1. The Morgan fingerprint density at radius 3 is 3.15 bits per heavy atom. The molecule has 6 heteroatoms. The van der Waals surface area contributed by atoms with Crippen LogP contribution >= 0.6 is 11.3 Å². The van der Waals surface area contributed by atoms with Gasteiger partial charge in [0, 0.05) is 11.9 Å². The van der Waals surface area contributed by atoms with Gasteiger partial charge in [-0.15, -0.1) is 11.3 Å². The van der Waals surface area contributed by atoms with E-state index in [4.69, 9.17) is 5.26 Å². The monoisotopic (exact) mass is 287 g/mol. The largest absolute Gasteiger partial charge is 0.469 e. The summed E-state index contributed by atoms with van der Waals surface area (Å²) in [7, 11) is 1.36. The topological polar surface area (TPSA) is 75.0 Å². The Kier molecular flexibility index (Phi) is 4.69. The number of hydrogen-bond acceptors (Lipinski definition) is 6. The summed E-state index contributed by atoms with van der Waals surface area (Å²) in [6.07, 6.45) is 0.179. The van der Waals surface area contributed by atoms with Crippen molar-refractivity contribution >= 4 is 22.4 Å². The van der Waals surface area contributed by atoms with Crippen LogP contribution in [0, 0.1) is 11.3 Å². The summed E-state index contributed by atoms with van der Waals surface area (Å²) in [6, 6.07) is 9.49. The summed E-state index contributed by atoms with van der Waals surface area (Å²) in [6.45, 7) is 0.584. The molecular formula is C14H13N3O2S. The maximum absolute atomic E-state index is 11.1. The van der Waals surface area contributed by atoms with Gasteiger partial charge in [0.15, 0.2) is 5.13 Å². The first-order chi connectivity index (χ1) is 9.71. The molecule has 0 unspecified atom stereocenters. The zero-order chi connectivity index (χ0) is 14.4. The van der Waals surface area contributed by atoms with Crippen LogP contribution in [0.2, 0.25) is 0 Å². The highest BCUT2D eigenvalue weighted by molar-refractivity contribution is 7.13. The summed E-state index contributed by atoms with van der Waals surface area (Å²) in [5.74, 6) is -0.302. The van der Waals surface area contributed by atoms with Gasteiger partial charge in [0.1, 0.15) is 0 Å². The SMILES string of the molecule is COC(=O)Cc1csc(NCc2cccc(C#N)c2)n1. The molecule has 0 amide bonds. The van der Waals surface area contributed by atoms with Gasteiger partial charge in [-0.1, -0.05) is 12.1 Å². The first-order valence-electron chi connectivity index (χ1n) is 5.95. The predicted octanol–water partition coefficient (Wildman–Crippen LogP) is 2.34. The zero-order valence-electron chi connectivity index (χ0n) is 10.9. The molecule has 0 spiro atoms. The molecule has 0 atom stereocenters. The van der Waals surface area contributed by atoms with Crippen molar-refractivity contribution in [1.82, 2.24) is 4.98 Å². The second kappa shape index (κ2) is 6.68. The number of rotatable bonds is 5. The lowest BCUT2D eigenvalue weighted by Gasteiger charge is -2.03. The second-order valence-electron chi connectivity index (χ2n) is 4.06. The molecule has 0 aliphatic rings. The minimum absolute atomic E-state index is 0.179. The molecule has 20 heavy (non-hydrogen) atoms. The average molecular weight is 287 g/mol. The van der Waals surface area contributed by atoms with Crippen molar-refractivity contribution in [1.29, 1.82) is 5.26 Å². The summed E-state index contributed by atoms with van der Waals surface area (Å²) < 4.78 is 4.59. The molecule has 0 aliphatic heterocycles. The third kappa shape index (κ3) is 3.80. The molecule has 2 rings (SSSR count). The second-order valence-corrected chi connectivity index (χ2v) is 4.92. The van der Waals surface area contributed by atoms with Gasteiger partial charge in [-0.2, -0.15) is 5.26 Å². The Balaban J connectivity index is 1.94. The molecule has 0 radical (unpaired) electrons. The molecule has 5 nitrogen and oxygen atoms in total. The smallest absolute Gasteiger partial charge is 0.311 e. The van der Waals surface area contributed by atoms with E-state index >= 15 is 0 Å². The van der Waals surface area contributed by atoms with E-state index in [9.17, 15) is 4.79 Å². The van der Waals surface area contributed by atoms with Crippen molar-refractivity contribution in [3.63, 3.8) is 0 Å². The van der Waals surface area contributed by atoms with Crippen molar-refractivity contribution < 1.29 is 9.53 Å². The normalized spacial score (nSPS) is 9.80. The van der Waals surface area contributed by atoms with Gasteiger partial charge in [-0.25, -0.2) is 4.98 Å². The highest BCUT2D eigenvalue weighted by Gasteiger charge is 2.07. The highest BCUT2D eigenvalue weighted by atomic mass is 32.1. The predicted molar refractivity (Wildman–Crippen MR) is 76.3 cm³/mol. The molecule has 0 bridgehead atoms. The van der Waals surface area contributed by atoms with Gasteiger partial charge in [0.25, 0.3) is 0 Å². The van der Waals surface area contributed by atoms with Crippen molar-refractivity contribution in [2.75, 3.05) is 12.4 Å². The summed E-state index contributed by atoms with van der Waals surface area (Å²) in [4.78, 5) is 15.4. The number of esters is 1. The molecule has 0 saturated carbocycles. The van der Waals surface area contributed by atoms with Crippen molar-refractivity contribution in [2.24, 2.45) is 0 Å². The summed E-state index contributed by atoms with van der Waals surface area (Å²) in [5, 5.41) is 14.6. The third-order valence-electron chi connectivity index (χ3n) is 2.60. The Morgan fingerprint density at radius 1 is 1.55 bits per heavy atom. The van der Waals surface area contributed by atoms with Crippen LogP contribution in [0.5, 0.6) is 0 Å². The zero-order valence-corrected chi connectivity index (χ0v) is 11.7. The van der Waals surface area contributed by atoms with Gasteiger partial charge in [-0.3, -0.25) is 4.79 Å². The van der Waals surface area contributed by atoms with E-state index in [2.05, 4.69) is 21.1 Å². The molecule has 0 aliphatic carbocycles. The number of thiazole rings is 1. The lowest BCUT2D eigenvalue weighted by molar-refractivity contribution is -0.139. The van der Waals surface area contributed by atoms with Crippen molar-refractivity contribution in [3.05, 3.63) is 46.5 Å². The lowest BCUT2D eigenvalue weighted by Crippen LogP contribution is -2.05. The fourth-order valence-electron chi connectivity index (χ4n) is 1.62. The van der Waals surface area contributed by atoms with Gasteiger partial charge in [0.05, 0.1) is 30.9 Å². The van der Waals surface area contributed by atoms with E-state index in [1.165, 1.54) is 18.4 Å². The van der Waals surface area contributed by atoms with Crippen molar-refractivity contribution in [2.45, 2.75) is 13.0 Å². The van der Waals surface area contributed by atoms with Crippen LogP contribution in [0.25, 0.3) is 0 Å². The third-order valence-corrected chi connectivity index (χ3v) is 3.45. The molecule has 1 aromatic carbocycles. The van der Waals surface area contributed by atoms with Crippen LogP contribution in [0.3, 0.4) is 0 Å². The van der Waals surface area contributed by atoms with E-state index in [0.717, 1.165) is 10.7 Å². The molecule has 0 saturated heterocycles. The van der Waals surface area contributed by atoms with Gasteiger partial charge in [0.2, 0.25) is 0 Å². The van der Waals surface area contributed by atoms with E-state index in [0.29, 0.717) is 17.8 Å². The molecule has 1 N–H and O–H groups in total. The highest BCUT2D eigenvalue weighted by Crippen LogP contribution is 2.17. The van der Waals surface area contributed by atoms with Crippen LogP contribution < -0.4 is 5.32 Å². The number of ether oxygens (including phenoxy) is 1. The van der Waals surface area contributed by atoms with Crippen LogP contribution in [-0.4, -0.2) is 18.1 Å². The maximum Gasteiger partial charge on any atom is 0.311 e. The van der Waals surface area contributed by atoms with E-state index in [1.807, 2.05) is 23.6 Å². The molecular weight excluding hydrogens is 274 g/mol. The fourth-order valence-corrected chi connectivity index (χ4v) is 2.33. The van der Waals surface area contributed by atoms with Crippen molar-refractivity contribution in [3.8, 4) is 6.07 Å². The number of carbonyl (C=O) groups excluding carboxylic acids is 1. The number of nitrogens with zero attached hydrogens (tertiary/aromatic N) is 2. The quantitative estimate of drug-likeness (QED) is 0.854. The summed E-state index contributed by atoms with van der Waals surface area (Å²) >= 11 is 1.44. The Hall–Kier alpha value is -2.39. The van der Waals surface area contributed by atoms with Gasteiger partial charge < -0.3 is 10.1 Å². The Labute approximate surface area is 120 Å². The molecule has 2 aromatic rings. The van der Waals surface area contributed by atoms with E-state index in [-0.39, 0.29) is 12.4 Å². The number of hydrogen-bond donors (Lipinski definition) is 1. The van der Waals surface area contributed by atoms with Crippen LogP contribution in [-0.2, 0) is 22.5 Å². The number of nitriles is 1. The standard InChI is InChI=1S/C14H13N3O2S/c1-19-13(18)6-12-9-20-14(17-12)16-8-11-4-2-3-10(5-11)7-15/h2-5,9H,6,8H2,1H3,(H,16,17). The number of methoxy groups -OCH3 is 1. The first kappa shape index (κ1) is 14.0. The van der Waals surface area contributed by atoms with Crippen LogP contribution in [0.1, 0.15) is 16.8 Å². The number of aromatic nitrogens is 1. The fraction of sp³-hybridized carbons (Fsp3) is 0.214. The van der Waals surface area contributed by atoms with Gasteiger partial charge in [-0.05, 0) is 17.7 Å². The number of benzene rings is 1. The number of carbonyl (C=O) groups is 1. The van der Waals surface area contributed by atoms with Crippen LogP contribution in [0.4, 0.5) is 5.13 Å². The first-order valence-corrected chi connectivity index (χ1v) is 6.83. The molecule has 102 valence electrons. The average Bonchev–Trinajstić information content (AvgIpc) is 2.92. The number of nitrogens with one attached hydrogen (secondary N) is 1. The summed E-state index contributed by atoms with van der Waals surface area (Å²) in [5.41, 5.74) is 2.33.